The van der Waals surface area contributed by atoms with Gasteiger partial charge in [0.15, 0.2) is 0 Å². The minimum absolute atomic E-state index is 0.228. The minimum atomic E-state index is -0.356. The predicted molar refractivity (Wildman–Crippen MR) is 95.7 cm³/mol. The molecular weight excluding hydrogens is 302 g/mol. The summed E-state index contributed by atoms with van der Waals surface area (Å²) >= 11 is 0. The van der Waals surface area contributed by atoms with Gasteiger partial charge in [0.25, 0.3) is 0 Å². The Kier molecular flexibility index (Phi) is 6.32. The monoisotopic (exact) mass is 323 g/mol. The molecule has 24 heavy (non-hydrogen) atoms. The summed E-state index contributed by atoms with van der Waals surface area (Å²) < 4.78 is 5.16. The number of anilines is 1. The molecule has 2 aromatic carbocycles. The molecule has 0 unspecified atom stereocenters. The molecule has 0 aliphatic carbocycles. The van der Waals surface area contributed by atoms with Gasteiger partial charge in [-0.3, -0.25) is 4.79 Å². The first-order chi connectivity index (χ1) is 11.5. The highest BCUT2D eigenvalue weighted by molar-refractivity contribution is 6.02. The van der Waals surface area contributed by atoms with Crippen molar-refractivity contribution < 1.29 is 14.3 Å². The van der Waals surface area contributed by atoms with Crippen LogP contribution in [0.5, 0.6) is 0 Å². The maximum Gasteiger partial charge on any atom is 0.338 e. The number of hydrogen-bond donors (Lipinski definition) is 1. The molecule has 4 nitrogen and oxygen atoms in total. The van der Waals surface area contributed by atoms with Crippen molar-refractivity contribution >= 4 is 23.6 Å². The molecule has 124 valence electrons. The molecule has 0 saturated heterocycles. The smallest absolute Gasteiger partial charge is 0.338 e. The number of esters is 1. The van der Waals surface area contributed by atoms with Crippen molar-refractivity contribution in [1.29, 1.82) is 0 Å². The molecule has 2 aromatic rings. The Morgan fingerprint density at radius 1 is 1.04 bits per heavy atom. The van der Waals surface area contributed by atoms with Crippen molar-refractivity contribution in [3.8, 4) is 0 Å². The van der Waals surface area contributed by atoms with Crippen molar-refractivity contribution in [2.75, 3.05) is 11.9 Å². The molecule has 0 aromatic heterocycles. The first-order valence-corrected chi connectivity index (χ1v) is 7.86. The van der Waals surface area contributed by atoms with Crippen molar-refractivity contribution in [1.82, 2.24) is 0 Å². The summed E-state index contributed by atoms with van der Waals surface area (Å²) in [7, 11) is 0. The minimum Gasteiger partial charge on any atom is -0.462 e. The number of hydrogen-bond acceptors (Lipinski definition) is 3. The molecule has 1 N–H and O–H groups in total. The van der Waals surface area contributed by atoms with Crippen LogP contribution in [-0.4, -0.2) is 18.5 Å². The summed E-state index contributed by atoms with van der Waals surface area (Å²) in [6.07, 6.45) is 3.22. The summed E-state index contributed by atoms with van der Waals surface area (Å²) in [5.41, 5.74) is 2.04. The fraction of sp³-hybridized carbons (Fsp3) is 0.200. The highest BCUT2D eigenvalue weighted by Crippen LogP contribution is 2.11. The molecule has 1 amide bonds. The molecular formula is C20H21NO3. The lowest BCUT2D eigenvalue weighted by molar-refractivity contribution is -0.111. The van der Waals surface area contributed by atoms with Gasteiger partial charge in [-0.1, -0.05) is 44.2 Å². The molecule has 0 spiro atoms. The Morgan fingerprint density at radius 3 is 2.33 bits per heavy atom. The van der Waals surface area contributed by atoms with E-state index in [4.69, 9.17) is 4.74 Å². The normalized spacial score (nSPS) is 10.8. The van der Waals surface area contributed by atoms with Crippen LogP contribution < -0.4 is 5.32 Å². The first kappa shape index (κ1) is 17.5. The van der Waals surface area contributed by atoms with Crippen molar-refractivity contribution in [3.05, 3.63) is 71.8 Å². The van der Waals surface area contributed by atoms with E-state index < -0.39 is 0 Å². The molecule has 0 heterocycles. The van der Waals surface area contributed by atoms with Crippen LogP contribution in [0.25, 0.3) is 6.08 Å². The second-order valence-electron chi connectivity index (χ2n) is 5.80. The van der Waals surface area contributed by atoms with E-state index in [1.807, 2.05) is 44.2 Å². The maximum absolute atomic E-state index is 11.9. The number of rotatable bonds is 6. The second kappa shape index (κ2) is 8.67. The number of ether oxygens (including phenoxy) is 1. The first-order valence-electron chi connectivity index (χ1n) is 7.86. The van der Waals surface area contributed by atoms with Crippen LogP contribution in [0.4, 0.5) is 5.69 Å². The number of carbonyl (C=O) groups excluding carboxylic acids is 2. The van der Waals surface area contributed by atoms with Gasteiger partial charge in [-0.15, -0.1) is 0 Å². The number of amides is 1. The van der Waals surface area contributed by atoms with Gasteiger partial charge in [0.2, 0.25) is 5.91 Å². The molecule has 0 atom stereocenters. The molecule has 4 heteroatoms. The highest BCUT2D eigenvalue weighted by Gasteiger charge is 2.08. The third kappa shape index (κ3) is 5.72. The molecule has 0 bridgehead atoms. The van der Waals surface area contributed by atoms with Gasteiger partial charge in [0.05, 0.1) is 12.2 Å². The average molecular weight is 323 g/mol. The fourth-order valence-electron chi connectivity index (χ4n) is 1.94. The van der Waals surface area contributed by atoms with Crippen molar-refractivity contribution in [3.63, 3.8) is 0 Å². The van der Waals surface area contributed by atoms with Crippen LogP contribution >= 0.6 is 0 Å². The molecule has 0 saturated carbocycles. The summed E-state index contributed by atoms with van der Waals surface area (Å²) in [6, 6.07) is 16.2. The third-order valence-electron chi connectivity index (χ3n) is 3.16. The number of nitrogens with one attached hydrogen (secondary N) is 1. The van der Waals surface area contributed by atoms with Crippen molar-refractivity contribution in [2.45, 2.75) is 13.8 Å². The lowest BCUT2D eigenvalue weighted by Gasteiger charge is -2.08. The van der Waals surface area contributed by atoms with Crippen LogP contribution in [0.1, 0.15) is 29.8 Å². The van der Waals surface area contributed by atoms with Gasteiger partial charge in [-0.05, 0) is 41.8 Å². The van der Waals surface area contributed by atoms with E-state index in [0.29, 0.717) is 23.8 Å². The molecule has 0 fully saturated rings. The second-order valence-corrected chi connectivity index (χ2v) is 5.80. The Hall–Kier alpha value is -2.88. The van der Waals surface area contributed by atoms with E-state index in [1.165, 1.54) is 6.08 Å². The predicted octanol–water partition coefficient (Wildman–Crippen LogP) is 4.15. The lowest BCUT2D eigenvalue weighted by Crippen LogP contribution is -2.11. The molecule has 0 radical (unpaired) electrons. The lowest BCUT2D eigenvalue weighted by atomic mass is 10.2. The zero-order valence-electron chi connectivity index (χ0n) is 13.9. The van der Waals surface area contributed by atoms with Gasteiger partial charge in [-0.2, -0.15) is 0 Å². The quantitative estimate of drug-likeness (QED) is 0.642. The van der Waals surface area contributed by atoms with Gasteiger partial charge < -0.3 is 10.1 Å². The van der Waals surface area contributed by atoms with Crippen LogP contribution in [0.3, 0.4) is 0 Å². The largest absolute Gasteiger partial charge is 0.462 e. The van der Waals surface area contributed by atoms with E-state index >= 15 is 0 Å². The molecule has 2 rings (SSSR count). The van der Waals surface area contributed by atoms with Crippen LogP contribution in [0.2, 0.25) is 0 Å². The highest BCUT2D eigenvalue weighted by atomic mass is 16.5. The standard InChI is InChI=1S/C20H21NO3/c1-15(2)14-24-20(23)17-9-11-18(12-10-17)21-19(22)13-8-16-6-4-3-5-7-16/h3-13,15H,14H2,1-2H3,(H,21,22). The van der Waals surface area contributed by atoms with Crippen LogP contribution in [-0.2, 0) is 9.53 Å². The van der Waals surface area contributed by atoms with Crippen LogP contribution in [0.15, 0.2) is 60.7 Å². The summed E-state index contributed by atoms with van der Waals surface area (Å²) in [4.78, 5) is 23.7. The Labute approximate surface area is 142 Å². The van der Waals surface area contributed by atoms with Gasteiger partial charge in [-0.25, -0.2) is 4.79 Å². The Bertz CT molecular complexity index is 703. The van der Waals surface area contributed by atoms with Gasteiger partial charge in [0.1, 0.15) is 0 Å². The number of carbonyl (C=O) groups is 2. The van der Waals surface area contributed by atoms with E-state index in [0.717, 1.165) is 5.56 Å². The van der Waals surface area contributed by atoms with E-state index in [2.05, 4.69) is 5.32 Å². The summed E-state index contributed by atoms with van der Waals surface area (Å²) in [6.45, 7) is 4.35. The SMILES string of the molecule is CC(C)COC(=O)c1ccc(NC(=O)C=Cc2ccccc2)cc1. The third-order valence-corrected chi connectivity index (χ3v) is 3.16. The average Bonchev–Trinajstić information content (AvgIpc) is 2.59. The maximum atomic E-state index is 11.9. The zero-order chi connectivity index (χ0) is 17.4. The van der Waals surface area contributed by atoms with Crippen LogP contribution in [0, 0.1) is 5.92 Å². The van der Waals surface area contributed by atoms with Gasteiger partial charge in [0, 0.05) is 11.8 Å². The molecule has 0 aliphatic rings. The van der Waals surface area contributed by atoms with E-state index in [1.54, 1.807) is 30.3 Å². The van der Waals surface area contributed by atoms with E-state index in [-0.39, 0.29) is 11.9 Å². The van der Waals surface area contributed by atoms with Gasteiger partial charge >= 0.3 is 5.97 Å². The summed E-state index contributed by atoms with van der Waals surface area (Å²) in [5, 5.41) is 2.75. The van der Waals surface area contributed by atoms with Crippen molar-refractivity contribution in [2.24, 2.45) is 5.92 Å². The topological polar surface area (TPSA) is 55.4 Å². The zero-order valence-corrected chi connectivity index (χ0v) is 13.9. The Morgan fingerprint density at radius 2 is 1.71 bits per heavy atom. The van der Waals surface area contributed by atoms with E-state index in [9.17, 15) is 9.59 Å². The summed E-state index contributed by atoms with van der Waals surface area (Å²) in [5.74, 6) is -0.288. The Balaban J connectivity index is 1.90. The number of benzene rings is 2. The molecule has 0 aliphatic heterocycles. The fourth-order valence-corrected chi connectivity index (χ4v) is 1.94.